The molecule has 0 aliphatic heterocycles. The fourth-order valence-corrected chi connectivity index (χ4v) is 2.45. The molecule has 0 aromatic heterocycles. The molecule has 0 aliphatic rings. The Morgan fingerprint density at radius 1 is 1.25 bits per heavy atom. The second kappa shape index (κ2) is 5.32. The minimum Gasteiger partial charge on any atom is -0.399 e. The molecule has 0 aliphatic carbocycles. The van der Waals surface area contributed by atoms with Crippen LogP contribution >= 0.6 is 0 Å². The Morgan fingerprint density at radius 3 is 2.31 bits per heavy atom. The summed E-state index contributed by atoms with van der Waals surface area (Å²) in [4.78, 5) is 0.326. The molecule has 1 aromatic carbocycles. The molecule has 1 rings (SSSR count). The summed E-state index contributed by atoms with van der Waals surface area (Å²) in [5.41, 5.74) is 6.07. The van der Waals surface area contributed by atoms with Gasteiger partial charge in [0.1, 0.15) is 0 Å². The van der Waals surface area contributed by atoms with Crippen LogP contribution in [0.5, 0.6) is 0 Å². The summed E-state index contributed by atoms with van der Waals surface area (Å²) in [6.45, 7) is 4.43. The smallest absolute Gasteiger partial charge is 0.179 e. The minimum atomic E-state index is -3.19. The highest BCUT2D eigenvalue weighted by Gasteiger charge is 2.13. The van der Waals surface area contributed by atoms with Crippen LogP contribution in [0, 0.1) is 0 Å². The molecular formula is C11H18N2O2S. The van der Waals surface area contributed by atoms with Crippen molar-refractivity contribution in [1.29, 1.82) is 0 Å². The van der Waals surface area contributed by atoms with Gasteiger partial charge in [-0.05, 0) is 24.3 Å². The molecule has 0 unspecified atom stereocenters. The average molecular weight is 242 g/mol. The molecule has 0 radical (unpaired) electrons. The maximum Gasteiger partial charge on any atom is 0.179 e. The van der Waals surface area contributed by atoms with E-state index in [1.54, 1.807) is 24.3 Å². The third-order valence-corrected chi connectivity index (χ3v) is 3.89. The first kappa shape index (κ1) is 13.0. The van der Waals surface area contributed by atoms with Gasteiger partial charge in [0.15, 0.2) is 9.84 Å². The summed E-state index contributed by atoms with van der Waals surface area (Å²) in [7, 11) is -3.19. The highest BCUT2D eigenvalue weighted by Crippen LogP contribution is 2.12. The van der Waals surface area contributed by atoms with Crippen molar-refractivity contribution in [3.8, 4) is 0 Å². The Balaban J connectivity index is 2.67. The maximum absolute atomic E-state index is 11.8. The molecule has 0 fully saturated rings. The molecular weight excluding hydrogens is 224 g/mol. The van der Waals surface area contributed by atoms with Gasteiger partial charge in [-0.2, -0.15) is 0 Å². The second-order valence-electron chi connectivity index (χ2n) is 4.00. The molecule has 0 saturated heterocycles. The first-order chi connectivity index (χ1) is 7.42. The van der Waals surface area contributed by atoms with Crippen LogP contribution in [-0.2, 0) is 9.84 Å². The van der Waals surface area contributed by atoms with E-state index in [2.05, 4.69) is 5.32 Å². The number of hydrogen-bond donors (Lipinski definition) is 2. The summed E-state index contributed by atoms with van der Waals surface area (Å²) in [5.74, 6) is 0.106. The molecule has 0 amide bonds. The maximum atomic E-state index is 11.8. The summed E-state index contributed by atoms with van der Waals surface area (Å²) < 4.78 is 23.7. The molecule has 0 spiro atoms. The number of anilines is 1. The van der Waals surface area contributed by atoms with E-state index < -0.39 is 9.84 Å². The van der Waals surface area contributed by atoms with E-state index in [0.29, 0.717) is 23.2 Å². The third kappa shape index (κ3) is 3.83. The predicted molar refractivity (Wildman–Crippen MR) is 66.0 cm³/mol. The Labute approximate surface area is 96.8 Å². The second-order valence-corrected chi connectivity index (χ2v) is 6.11. The van der Waals surface area contributed by atoms with Gasteiger partial charge in [0.05, 0.1) is 10.6 Å². The van der Waals surface area contributed by atoms with Gasteiger partial charge in [0.25, 0.3) is 0 Å². The van der Waals surface area contributed by atoms with E-state index in [1.807, 2.05) is 13.8 Å². The fraction of sp³-hybridized carbons (Fsp3) is 0.455. The lowest BCUT2D eigenvalue weighted by atomic mass is 10.3. The van der Waals surface area contributed by atoms with Gasteiger partial charge >= 0.3 is 0 Å². The first-order valence-electron chi connectivity index (χ1n) is 5.23. The average Bonchev–Trinajstić information content (AvgIpc) is 2.17. The van der Waals surface area contributed by atoms with Crippen LogP contribution < -0.4 is 11.1 Å². The minimum absolute atomic E-state index is 0.106. The quantitative estimate of drug-likeness (QED) is 0.757. The van der Waals surface area contributed by atoms with E-state index >= 15 is 0 Å². The fourth-order valence-electron chi connectivity index (χ4n) is 1.27. The molecule has 0 heterocycles. The third-order valence-electron chi connectivity index (χ3n) is 2.16. The molecule has 16 heavy (non-hydrogen) atoms. The van der Waals surface area contributed by atoms with Crippen molar-refractivity contribution < 1.29 is 8.42 Å². The Bertz CT molecular complexity index is 424. The summed E-state index contributed by atoms with van der Waals surface area (Å²) in [5, 5.41) is 3.08. The first-order valence-corrected chi connectivity index (χ1v) is 6.89. The lowest BCUT2D eigenvalue weighted by Crippen LogP contribution is -2.28. The number of nitrogen functional groups attached to an aromatic ring is 1. The Kier molecular flexibility index (Phi) is 4.32. The zero-order valence-corrected chi connectivity index (χ0v) is 10.4. The van der Waals surface area contributed by atoms with Crippen LogP contribution in [0.15, 0.2) is 29.2 Å². The van der Waals surface area contributed by atoms with Gasteiger partial charge in [0.2, 0.25) is 0 Å². The van der Waals surface area contributed by atoms with E-state index in [4.69, 9.17) is 5.73 Å². The summed E-state index contributed by atoms with van der Waals surface area (Å²) in [6.07, 6.45) is 0. The van der Waals surface area contributed by atoms with E-state index in [1.165, 1.54) is 0 Å². The van der Waals surface area contributed by atoms with Crippen molar-refractivity contribution in [2.24, 2.45) is 0 Å². The van der Waals surface area contributed by atoms with Gasteiger partial charge in [-0.25, -0.2) is 8.42 Å². The summed E-state index contributed by atoms with van der Waals surface area (Å²) in [6, 6.07) is 6.58. The van der Waals surface area contributed by atoms with Crippen molar-refractivity contribution in [3.63, 3.8) is 0 Å². The van der Waals surface area contributed by atoms with Crippen molar-refractivity contribution >= 4 is 15.5 Å². The number of nitrogens with two attached hydrogens (primary N) is 1. The predicted octanol–water partition coefficient (Wildman–Crippen LogP) is 1.04. The monoisotopic (exact) mass is 242 g/mol. The van der Waals surface area contributed by atoms with Gasteiger partial charge in [-0.1, -0.05) is 13.8 Å². The number of sulfone groups is 1. The van der Waals surface area contributed by atoms with Crippen LogP contribution in [0.4, 0.5) is 5.69 Å². The van der Waals surface area contributed by atoms with E-state index in [0.717, 1.165) is 0 Å². The van der Waals surface area contributed by atoms with E-state index in [-0.39, 0.29) is 5.75 Å². The lowest BCUT2D eigenvalue weighted by molar-refractivity contribution is 0.578. The van der Waals surface area contributed by atoms with Crippen LogP contribution in [0.1, 0.15) is 13.8 Å². The molecule has 5 heteroatoms. The molecule has 0 bridgehead atoms. The van der Waals surface area contributed by atoms with Crippen molar-refractivity contribution in [3.05, 3.63) is 24.3 Å². The van der Waals surface area contributed by atoms with Crippen molar-refractivity contribution in [1.82, 2.24) is 5.32 Å². The van der Waals surface area contributed by atoms with Gasteiger partial charge in [-0.15, -0.1) is 0 Å². The largest absolute Gasteiger partial charge is 0.399 e. The number of rotatable bonds is 5. The van der Waals surface area contributed by atoms with Crippen molar-refractivity contribution in [2.45, 2.75) is 24.8 Å². The number of benzene rings is 1. The molecule has 4 nitrogen and oxygen atoms in total. The highest BCUT2D eigenvalue weighted by atomic mass is 32.2. The van der Waals surface area contributed by atoms with Crippen molar-refractivity contribution in [2.75, 3.05) is 18.0 Å². The Morgan fingerprint density at radius 2 is 1.81 bits per heavy atom. The topological polar surface area (TPSA) is 72.2 Å². The molecule has 1 aromatic rings. The number of nitrogens with one attached hydrogen (secondary N) is 1. The molecule has 0 saturated carbocycles. The lowest BCUT2D eigenvalue weighted by Gasteiger charge is -2.08. The molecule has 3 N–H and O–H groups in total. The zero-order valence-electron chi connectivity index (χ0n) is 9.60. The van der Waals surface area contributed by atoms with Crippen LogP contribution in [0.25, 0.3) is 0 Å². The van der Waals surface area contributed by atoms with Crippen LogP contribution in [0.2, 0.25) is 0 Å². The zero-order chi connectivity index (χ0) is 12.2. The molecule has 0 atom stereocenters. The van der Waals surface area contributed by atoms with E-state index in [9.17, 15) is 8.42 Å². The van der Waals surface area contributed by atoms with Gasteiger partial charge in [-0.3, -0.25) is 0 Å². The standard InChI is InChI=1S/C11H18N2O2S/c1-9(2)13-7-8-16(14,15)11-5-3-10(12)4-6-11/h3-6,9,13H,7-8,12H2,1-2H3. The normalized spacial score (nSPS) is 11.9. The van der Waals surface area contributed by atoms with Crippen LogP contribution in [0.3, 0.4) is 0 Å². The SMILES string of the molecule is CC(C)NCCS(=O)(=O)c1ccc(N)cc1. The van der Waals surface area contributed by atoms with Gasteiger partial charge in [0, 0.05) is 18.3 Å². The Hall–Kier alpha value is -1.07. The summed E-state index contributed by atoms with van der Waals surface area (Å²) >= 11 is 0. The van der Waals surface area contributed by atoms with Gasteiger partial charge < -0.3 is 11.1 Å². The molecule has 90 valence electrons. The highest BCUT2D eigenvalue weighted by molar-refractivity contribution is 7.91. The number of hydrogen-bond acceptors (Lipinski definition) is 4. The van der Waals surface area contributed by atoms with Crippen LogP contribution in [-0.4, -0.2) is 26.8 Å².